The van der Waals surface area contributed by atoms with Crippen LogP contribution in [0.15, 0.2) is 6.07 Å². The summed E-state index contributed by atoms with van der Waals surface area (Å²) in [6.45, 7) is 7.17. The first-order valence-corrected chi connectivity index (χ1v) is 6.84. The van der Waals surface area contributed by atoms with Gasteiger partial charge in [-0.15, -0.1) is 0 Å². The summed E-state index contributed by atoms with van der Waals surface area (Å²) in [5.41, 5.74) is 0.854. The van der Waals surface area contributed by atoms with E-state index in [4.69, 9.17) is 9.47 Å². The zero-order valence-electron chi connectivity index (χ0n) is 12.4. The van der Waals surface area contributed by atoms with E-state index >= 15 is 0 Å². The van der Waals surface area contributed by atoms with Crippen molar-refractivity contribution in [3.05, 3.63) is 11.8 Å². The van der Waals surface area contributed by atoms with Gasteiger partial charge in [0, 0.05) is 24.8 Å². The maximum Gasteiger partial charge on any atom is 0.310 e. The van der Waals surface area contributed by atoms with E-state index in [0.717, 1.165) is 18.7 Å². The molecule has 6 heteroatoms. The van der Waals surface area contributed by atoms with E-state index in [-0.39, 0.29) is 18.0 Å². The molecule has 0 saturated carbocycles. The van der Waals surface area contributed by atoms with Crippen LogP contribution in [0.5, 0.6) is 5.88 Å². The second kappa shape index (κ2) is 6.07. The van der Waals surface area contributed by atoms with Gasteiger partial charge in [-0.3, -0.25) is 4.79 Å². The Morgan fingerprint density at radius 3 is 2.85 bits per heavy atom. The number of nitrogens with zero attached hydrogens (tertiary/aromatic N) is 3. The number of ether oxygens (including phenoxy) is 2. The van der Waals surface area contributed by atoms with E-state index in [1.54, 1.807) is 0 Å². The SMILES string of the molecule is COC(=O)C1CCN(c2nc(C)cc(OC(C)C)n2)C1. The Labute approximate surface area is 119 Å². The molecule has 0 spiro atoms. The quantitative estimate of drug-likeness (QED) is 0.780. The van der Waals surface area contributed by atoms with Crippen LogP contribution in [0.3, 0.4) is 0 Å². The molecule has 0 radical (unpaired) electrons. The molecular weight excluding hydrogens is 258 g/mol. The van der Waals surface area contributed by atoms with Gasteiger partial charge in [0.1, 0.15) is 0 Å². The fraction of sp³-hybridized carbons (Fsp3) is 0.643. The molecule has 1 aliphatic heterocycles. The van der Waals surface area contributed by atoms with Gasteiger partial charge in [-0.05, 0) is 27.2 Å². The number of anilines is 1. The maximum absolute atomic E-state index is 11.6. The summed E-state index contributed by atoms with van der Waals surface area (Å²) in [7, 11) is 1.42. The molecule has 1 saturated heterocycles. The second-order valence-corrected chi connectivity index (χ2v) is 5.27. The molecule has 0 aliphatic carbocycles. The molecule has 110 valence electrons. The molecule has 2 rings (SSSR count). The third kappa shape index (κ3) is 3.37. The zero-order valence-corrected chi connectivity index (χ0v) is 12.4. The third-order valence-corrected chi connectivity index (χ3v) is 3.18. The lowest BCUT2D eigenvalue weighted by Crippen LogP contribution is -2.25. The molecule has 0 N–H and O–H groups in total. The van der Waals surface area contributed by atoms with Crippen LogP contribution in [0.4, 0.5) is 5.95 Å². The number of aryl methyl sites for hydroxylation is 1. The Hall–Kier alpha value is -1.85. The van der Waals surface area contributed by atoms with Crippen molar-refractivity contribution in [1.29, 1.82) is 0 Å². The van der Waals surface area contributed by atoms with Gasteiger partial charge in [0.2, 0.25) is 11.8 Å². The predicted octanol–water partition coefficient (Wildman–Crippen LogP) is 1.57. The Bertz CT molecular complexity index is 491. The molecule has 2 heterocycles. The lowest BCUT2D eigenvalue weighted by molar-refractivity contribution is -0.144. The highest BCUT2D eigenvalue weighted by molar-refractivity contribution is 5.73. The molecule has 0 amide bonds. The van der Waals surface area contributed by atoms with E-state index in [1.807, 2.05) is 31.7 Å². The van der Waals surface area contributed by atoms with Crippen molar-refractivity contribution < 1.29 is 14.3 Å². The van der Waals surface area contributed by atoms with Gasteiger partial charge in [0.15, 0.2) is 0 Å². The minimum Gasteiger partial charge on any atom is -0.475 e. The Morgan fingerprint density at radius 1 is 1.45 bits per heavy atom. The van der Waals surface area contributed by atoms with Gasteiger partial charge >= 0.3 is 5.97 Å². The molecule has 0 aromatic carbocycles. The molecule has 0 bridgehead atoms. The normalized spacial score (nSPS) is 18.4. The lowest BCUT2D eigenvalue weighted by Gasteiger charge is -2.18. The molecule has 1 aromatic heterocycles. The molecular formula is C14H21N3O3. The number of carbonyl (C=O) groups is 1. The van der Waals surface area contributed by atoms with Gasteiger partial charge in [0.25, 0.3) is 0 Å². The van der Waals surface area contributed by atoms with Crippen LogP contribution in [0.25, 0.3) is 0 Å². The third-order valence-electron chi connectivity index (χ3n) is 3.18. The van der Waals surface area contributed by atoms with Gasteiger partial charge in [0.05, 0.1) is 19.1 Å². The number of hydrogen-bond acceptors (Lipinski definition) is 6. The van der Waals surface area contributed by atoms with Crippen molar-refractivity contribution in [2.75, 3.05) is 25.1 Å². The number of carbonyl (C=O) groups excluding carboxylic acids is 1. The van der Waals surface area contributed by atoms with E-state index in [0.29, 0.717) is 18.4 Å². The Morgan fingerprint density at radius 2 is 2.20 bits per heavy atom. The largest absolute Gasteiger partial charge is 0.475 e. The molecule has 1 atom stereocenters. The smallest absolute Gasteiger partial charge is 0.310 e. The molecule has 1 aliphatic rings. The van der Waals surface area contributed by atoms with Crippen molar-refractivity contribution in [2.24, 2.45) is 5.92 Å². The summed E-state index contributed by atoms with van der Waals surface area (Å²) in [5.74, 6) is 0.924. The number of hydrogen-bond donors (Lipinski definition) is 0. The highest BCUT2D eigenvalue weighted by Gasteiger charge is 2.30. The van der Waals surface area contributed by atoms with Crippen molar-refractivity contribution in [3.63, 3.8) is 0 Å². The number of aromatic nitrogens is 2. The lowest BCUT2D eigenvalue weighted by atomic mass is 10.1. The fourth-order valence-electron chi connectivity index (χ4n) is 2.27. The first-order chi connectivity index (χ1) is 9.49. The van der Waals surface area contributed by atoms with E-state index in [2.05, 4.69) is 9.97 Å². The average Bonchev–Trinajstić information content (AvgIpc) is 2.85. The van der Waals surface area contributed by atoms with Crippen molar-refractivity contribution in [3.8, 4) is 5.88 Å². The van der Waals surface area contributed by atoms with Crippen LogP contribution >= 0.6 is 0 Å². The number of rotatable bonds is 4. The maximum atomic E-state index is 11.6. The highest BCUT2D eigenvalue weighted by Crippen LogP contribution is 2.24. The number of esters is 1. The van der Waals surface area contributed by atoms with Crippen molar-refractivity contribution in [1.82, 2.24) is 9.97 Å². The van der Waals surface area contributed by atoms with Crippen LogP contribution in [-0.2, 0) is 9.53 Å². The molecule has 1 fully saturated rings. The zero-order chi connectivity index (χ0) is 14.7. The van der Waals surface area contributed by atoms with Crippen LogP contribution < -0.4 is 9.64 Å². The van der Waals surface area contributed by atoms with Crippen LogP contribution in [0.1, 0.15) is 26.0 Å². The van der Waals surface area contributed by atoms with Crippen molar-refractivity contribution >= 4 is 11.9 Å². The van der Waals surface area contributed by atoms with E-state index in [1.165, 1.54) is 7.11 Å². The molecule has 1 unspecified atom stereocenters. The summed E-state index contributed by atoms with van der Waals surface area (Å²) in [4.78, 5) is 22.4. The molecule has 1 aromatic rings. The highest BCUT2D eigenvalue weighted by atomic mass is 16.5. The molecule has 20 heavy (non-hydrogen) atoms. The van der Waals surface area contributed by atoms with Crippen LogP contribution in [-0.4, -0.2) is 42.2 Å². The summed E-state index contributed by atoms with van der Waals surface area (Å²) in [5, 5.41) is 0. The van der Waals surface area contributed by atoms with Crippen LogP contribution in [0, 0.1) is 12.8 Å². The first kappa shape index (κ1) is 14.6. The van der Waals surface area contributed by atoms with E-state index < -0.39 is 0 Å². The summed E-state index contributed by atoms with van der Waals surface area (Å²) < 4.78 is 10.4. The number of methoxy groups -OCH3 is 1. The summed E-state index contributed by atoms with van der Waals surface area (Å²) in [6.07, 6.45) is 0.836. The first-order valence-electron chi connectivity index (χ1n) is 6.84. The topological polar surface area (TPSA) is 64.5 Å². The Kier molecular flexibility index (Phi) is 4.42. The summed E-state index contributed by atoms with van der Waals surface area (Å²) in [6, 6.07) is 1.82. The van der Waals surface area contributed by atoms with Gasteiger partial charge in [-0.2, -0.15) is 4.98 Å². The van der Waals surface area contributed by atoms with Gasteiger partial charge in [-0.1, -0.05) is 0 Å². The summed E-state index contributed by atoms with van der Waals surface area (Å²) >= 11 is 0. The standard InChI is InChI=1S/C14H21N3O3/c1-9(2)20-12-7-10(3)15-14(16-12)17-6-5-11(8-17)13(18)19-4/h7,9,11H,5-6,8H2,1-4H3. The fourth-order valence-corrected chi connectivity index (χ4v) is 2.27. The predicted molar refractivity (Wildman–Crippen MR) is 74.9 cm³/mol. The van der Waals surface area contributed by atoms with E-state index in [9.17, 15) is 4.79 Å². The Balaban J connectivity index is 2.13. The minimum absolute atomic E-state index is 0.0681. The van der Waals surface area contributed by atoms with Crippen molar-refractivity contribution in [2.45, 2.75) is 33.3 Å². The van der Waals surface area contributed by atoms with Gasteiger partial charge < -0.3 is 14.4 Å². The average molecular weight is 279 g/mol. The monoisotopic (exact) mass is 279 g/mol. The minimum atomic E-state index is -0.168. The van der Waals surface area contributed by atoms with Gasteiger partial charge in [-0.25, -0.2) is 4.98 Å². The second-order valence-electron chi connectivity index (χ2n) is 5.27. The molecule has 6 nitrogen and oxygen atoms in total. The van der Waals surface area contributed by atoms with Crippen LogP contribution in [0.2, 0.25) is 0 Å².